The van der Waals surface area contributed by atoms with Crippen molar-refractivity contribution in [3.8, 4) is 0 Å². The van der Waals surface area contributed by atoms with E-state index in [4.69, 9.17) is 0 Å². The highest BCUT2D eigenvalue weighted by molar-refractivity contribution is 5.94. The van der Waals surface area contributed by atoms with Crippen LogP contribution in [0.25, 0.3) is 0 Å². The molecular weight excluding hydrogens is 246 g/mol. The molecule has 2 amide bonds. The lowest BCUT2D eigenvalue weighted by Gasteiger charge is -2.20. The summed E-state index contributed by atoms with van der Waals surface area (Å²) in [7, 11) is 0. The summed E-state index contributed by atoms with van der Waals surface area (Å²) in [4.78, 5) is 36.6. The number of hydrogen-bond acceptors (Lipinski definition) is 3. The minimum absolute atomic E-state index is 0.126. The molecule has 0 radical (unpaired) electrons. The highest BCUT2D eigenvalue weighted by Crippen LogP contribution is 1.99. The normalized spacial score (nSPS) is 10.9. The molecule has 0 aromatic carbocycles. The Balaban J connectivity index is 2.40. The number of amides is 2. The van der Waals surface area contributed by atoms with Crippen LogP contribution in [0.3, 0.4) is 0 Å². The third-order valence-corrected chi connectivity index (χ3v) is 2.19. The van der Waals surface area contributed by atoms with Crippen LogP contribution in [0.1, 0.15) is 37.6 Å². The summed E-state index contributed by atoms with van der Waals surface area (Å²) >= 11 is 0. The lowest BCUT2D eigenvalue weighted by Crippen LogP contribution is -2.42. The fourth-order valence-corrected chi connectivity index (χ4v) is 1.46. The lowest BCUT2D eigenvalue weighted by atomic mass is 10.1. The Morgan fingerprint density at radius 2 is 2.00 bits per heavy atom. The number of H-pyrrole nitrogens is 1. The summed E-state index contributed by atoms with van der Waals surface area (Å²) in [6.07, 6.45) is 1.61. The first-order valence-corrected chi connectivity index (χ1v) is 6.06. The average Bonchev–Trinajstić information content (AvgIpc) is 2.26. The molecule has 0 unspecified atom stereocenters. The number of rotatable bonds is 4. The van der Waals surface area contributed by atoms with Gasteiger partial charge in [-0.05, 0) is 26.8 Å². The van der Waals surface area contributed by atoms with E-state index in [9.17, 15) is 14.4 Å². The van der Waals surface area contributed by atoms with Crippen molar-refractivity contribution in [1.82, 2.24) is 15.6 Å². The van der Waals surface area contributed by atoms with Gasteiger partial charge >= 0.3 is 0 Å². The van der Waals surface area contributed by atoms with Crippen LogP contribution in [0, 0.1) is 0 Å². The molecule has 19 heavy (non-hydrogen) atoms. The van der Waals surface area contributed by atoms with E-state index < -0.39 is 0 Å². The molecule has 0 saturated carbocycles. The van der Waals surface area contributed by atoms with Gasteiger partial charge in [0.25, 0.3) is 5.91 Å². The van der Waals surface area contributed by atoms with E-state index in [-0.39, 0.29) is 41.4 Å². The van der Waals surface area contributed by atoms with Gasteiger partial charge in [0.05, 0.1) is 0 Å². The number of aromatic nitrogens is 1. The quantitative estimate of drug-likeness (QED) is 0.736. The number of nitrogens with one attached hydrogen (secondary N) is 3. The molecule has 0 aliphatic heterocycles. The van der Waals surface area contributed by atoms with Crippen LogP contribution in [0.15, 0.2) is 23.1 Å². The Bertz CT molecular complexity index is 514. The number of aromatic amines is 1. The van der Waals surface area contributed by atoms with E-state index >= 15 is 0 Å². The van der Waals surface area contributed by atoms with Gasteiger partial charge in [0, 0.05) is 36.3 Å². The molecular formula is C13H19N3O3. The lowest BCUT2D eigenvalue weighted by molar-refractivity contribution is -0.122. The fourth-order valence-electron chi connectivity index (χ4n) is 1.46. The fraction of sp³-hybridized carbons (Fsp3) is 0.462. The summed E-state index contributed by atoms with van der Waals surface area (Å²) in [6, 6.07) is 2.72. The van der Waals surface area contributed by atoms with Gasteiger partial charge in [-0.15, -0.1) is 0 Å². The molecule has 1 rings (SSSR count). The summed E-state index contributed by atoms with van der Waals surface area (Å²) in [5.74, 6) is -0.492. The van der Waals surface area contributed by atoms with Crippen molar-refractivity contribution in [2.24, 2.45) is 0 Å². The molecule has 0 fully saturated rings. The molecule has 104 valence electrons. The third kappa shape index (κ3) is 5.85. The first kappa shape index (κ1) is 14.9. The predicted octanol–water partition coefficient (Wildman–Crippen LogP) is 0.409. The summed E-state index contributed by atoms with van der Waals surface area (Å²) in [5.41, 5.74) is -0.341. The molecule has 0 aliphatic rings. The predicted molar refractivity (Wildman–Crippen MR) is 71.9 cm³/mol. The number of carbonyl (C=O) groups is 2. The number of pyridine rings is 1. The Morgan fingerprint density at radius 3 is 2.58 bits per heavy atom. The van der Waals surface area contributed by atoms with Crippen LogP contribution in [0.4, 0.5) is 0 Å². The Labute approximate surface area is 111 Å². The van der Waals surface area contributed by atoms with Gasteiger partial charge in [-0.25, -0.2) is 0 Å². The van der Waals surface area contributed by atoms with Crippen molar-refractivity contribution in [2.75, 3.05) is 6.54 Å². The minimum Gasteiger partial charge on any atom is -0.352 e. The SMILES string of the molecule is CC(C)(C)NC(=O)CCNC(=O)c1cc[nH]c(=O)c1. The van der Waals surface area contributed by atoms with Crippen LogP contribution in [-0.4, -0.2) is 28.9 Å². The maximum absolute atomic E-state index is 11.7. The van der Waals surface area contributed by atoms with Crippen molar-refractivity contribution < 1.29 is 9.59 Å². The van der Waals surface area contributed by atoms with Crippen molar-refractivity contribution in [1.29, 1.82) is 0 Å². The molecule has 3 N–H and O–H groups in total. The van der Waals surface area contributed by atoms with Crippen LogP contribution < -0.4 is 16.2 Å². The van der Waals surface area contributed by atoms with Crippen molar-refractivity contribution in [3.05, 3.63) is 34.2 Å². The zero-order chi connectivity index (χ0) is 14.5. The Hall–Kier alpha value is -2.11. The van der Waals surface area contributed by atoms with Gasteiger partial charge in [0.1, 0.15) is 0 Å². The average molecular weight is 265 g/mol. The van der Waals surface area contributed by atoms with Crippen molar-refractivity contribution >= 4 is 11.8 Å². The maximum Gasteiger partial charge on any atom is 0.251 e. The Morgan fingerprint density at radius 1 is 1.32 bits per heavy atom. The largest absolute Gasteiger partial charge is 0.352 e. The smallest absolute Gasteiger partial charge is 0.251 e. The topological polar surface area (TPSA) is 91.1 Å². The zero-order valence-corrected chi connectivity index (χ0v) is 11.4. The number of carbonyl (C=O) groups excluding carboxylic acids is 2. The van der Waals surface area contributed by atoms with Crippen LogP contribution in [-0.2, 0) is 4.79 Å². The van der Waals surface area contributed by atoms with E-state index in [0.717, 1.165) is 0 Å². The molecule has 6 nitrogen and oxygen atoms in total. The molecule has 0 aliphatic carbocycles. The van der Waals surface area contributed by atoms with Gasteiger partial charge in [0.15, 0.2) is 0 Å². The van der Waals surface area contributed by atoms with E-state index in [2.05, 4.69) is 15.6 Å². The summed E-state index contributed by atoms with van der Waals surface area (Å²) < 4.78 is 0. The molecule has 6 heteroatoms. The molecule has 0 atom stereocenters. The second-order valence-electron chi connectivity index (χ2n) is 5.25. The molecule has 1 aromatic rings. The van der Waals surface area contributed by atoms with Crippen LogP contribution in [0.2, 0.25) is 0 Å². The van der Waals surface area contributed by atoms with E-state index in [1.165, 1.54) is 18.3 Å². The molecule has 1 aromatic heterocycles. The third-order valence-electron chi connectivity index (χ3n) is 2.19. The number of hydrogen-bond donors (Lipinski definition) is 3. The zero-order valence-electron chi connectivity index (χ0n) is 11.4. The van der Waals surface area contributed by atoms with Gasteiger partial charge < -0.3 is 15.6 Å². The highest BCUT2D eigenvalue weighted by atomic mass is 16.2. The van der Waals surface area contributed by atoms with E-state index in [0.29, 0.717) is 0 Å². The van der Waals surface area contributed by atoms with Gasteiger partial charge in [-0.1, -0.05) is 0 Å². The summed E-state index contributed by atoms with van der Waals surface area (Å²) in [6.45, 7) is 5.90. The van der Waals surface area contributed by atoms with Gasteiger partial charge in [-0.2, -0.15) is 0 Å². The minimum atomic E-state index is -0.366. The first-order valence-electron chi connectivity index (χ1n) is 6.06. The molecule has 0 spiro atoms. The van der Waals surface area contributed by atoms with Crippen molar-refractivity contribution in [3.63, 3.8) is 0 Å². The van der Waals surface area contributed by atoms with Gasteiger partial charge in [-0.3, -0.25) is 14.4 Å². The monoisotopic (exact) mass is 265 g/mol. The van der Waals surface area contributed by atoms with Crippen LogP contribution in [0.5, 0.6) is 0 Å². The molecule has 0 bridgehead atoms. The van der Waals surface area contributed by atoms with E-state index in [1.807, 2.05) is 20.8 Å². The second kappa shape index (κ2) is 6.17. The van der Waals surface area contributed by atoms with Gasteiger partial charge in [0.2, 0.25) is 11.5 Å². The summed E-state index contributed by atoms with van der Waals surface area (Å²) in [5, 5.41) is 5.39. The maximum atomic E-state index is 11.7. The highest BCUT2D eigenvalue weighted by Gasteiger charge is 2.13. The first-order chi connectivity index (χ1) is 8.78. The van der Waals surface area contributed by atoms with Crippen LogP contribution >= 0.6 is 0 Å². The standard InChI is InChI=1S/C13H19N3O3/c1-13(2,3)16-10(17)5-7-15-12(19)9-4-6-14-11(18)8-9/h4,6,8H,5,7H2,1-3H3,(H,14,18)(H,15,19)(H,16,17). The molecule has 1 heterocycles. The van der Waals surface area contributed by atoms with Crippen molar-refractivity contribution in [2.45, 2.75) is 32.7 Å². The van der Waals surface area contributed by atoms with E-state index in [1.54, 1.807) is 0 Å². The Kier molecular flexibility index (Phi) is 4.86. The second-order valence-corrected chi connectivity index (χ2v) is 5.25. The molecule has 0 saturated heterocycles.